The monoisotopic (exact) mass is 268 g/mol. The minimum atomic E-state index is 0. The van der Waals surface area contributed by atoms with Gasteiger partial charge in [0.25, 0.3) is 0 Å². The average Bonchev–Trinajstić information content (AvgIpc) is 2.20. The molecule has 0 aliphatic rings. The van der Waals surface area contributed by atoms with Crippen LogP contribution in [0, 0.1) is 0 Å². The molecule has 0 aromatic carbocycles. The zero-order valence-corrected chi connectivity index (χ0v) is 14.5. The number of nitrogens with one attached hydrogen (secondary N) is 1. The highest BCUT2D eigenvalue weighted by Gasteiger charge is 1.77. The fourth-order valence-electron chi connectivity index (χ4n) is 0.316. The largest absolute Gasteiger partial charge is 0.344 e. The highest BCUT2D eigenvalue weighted by molar-refractivity contribution is 4.30. The number of hydrogen-bond acceptors (Lipinski definition) is 6. The molecule has 0 rings (SSSR count). The number of nitrogens with two attached hydrogens (primary N) is 1. The molecule has 6 N–H and O–H groups in total. The van der Waals surface area contributed by atoms with Crippen molar-refractivity contribution in [2.75, 3.05) is 76.6 Å². The van der Waals surface area contributed by atoms with Crippen molar-refractivity contribution in [3.63, 3.8) is 0 Å². The summed E-state index contributed by atoms with van der Waals surface area (Å²) < 4.78 is 0. The topological polar surface area (TPSA) is 82.8 Å². The van der Waals surface area contributed by atoms with Gasteiger partial charge in [0.1, 0.15) is 0 Å². The second kappa shape index (κ2) is 30.1. The van der Waals surface area contributed by atoms with Gasteiger partial charge in [0, 0.05) is 6.67 Å². The molecule has 0 fully saturated rings. The quantitative estimate of drug-likeness (QED) is 0.635. The molecule has 0 aliphatic carbocycles. The summed E-state index contributed by atoms with van der Waals surface area (Å²) in [7, 11) is 17.6. The highest BCUT2D eigenvalue weighted by atomic mass is 15.2. The molecule has 0 aliphatic heterocycles. The molecule has 6 heteroatoms. The Morgan fingerprint density at radius 2 is 1.06 bits per heavy atom. The predicted octanol–water partition coefficient (Wildman–Crippen LogP) is 0.208. The molecule has 0 aromatic rings. The molecule has 0 aromatic heterocycles. The smallest absolute Gasteiger partial charge is 0.0472 e. The van der Waals surface area contributed by atoms with E-state index in [4.69, 9.17) is 0 Å². The molecular formula is C12H40N6. The van der Waals surface area contributed by atoms with Gasteiger partial charge in [-0.15, -0.1) is 0 Å². The lowest BCUT2D eigenvalue weighted by Crippen LogP contribution is -2.24. The third-order valence-electron chi connectivity index (χ3n) is 1.11. The van der Waals surface area contributed by atoms with E-state index in [2.05, 4.69) is 41.9 Å². The van der Waals surface area contributed by atoms with Crippen LogP contribution in [0.5, 0.6) is 0 Å². The van der Waals surface area contributed by atoms with Crippen LogP contribution in [0.3, 0.4) is 0 Å². The Hall–Kier alpha value is -0.240. The van der Waals surface area contributed by atoms with Gasteiger partial charge in [-0.05, 0) is 70.0 Å². The Morgan fingerprint density at radius 3 is 1.06 bits per heavy atom. The molecule has 0 radical (unpaired) electrons. The first-order valence-corrected chi connectivity index (χ1v) is 5.90. The Kier molecular flexibility index (Phi) is 51.2. The van der Waals surface area contributed by atoms with Gasteiger partial charge in [0.2, 0.25) is 0 Å². The normalized spacial score (nSPS) is 8.33. The molecule has 18 heavy (non-hydrogen) atoms. The van der Waals surface area contributed by atoms with E-state index in [0.29, 0.717) is 0 Å². The van der Waals surface area contributed by atoms with Crippen LogP contribution < -0.4 is 17.2 Å². The Morgan fingerprint density at radius 1 is 0.833 bits per heavy atom. The third kappa shape index (κ3) is 152. The van der Waals surface area contributed by atoms with Crippen molar-refractivity contribution >= 4 is 0 Å². The number of hydrogen-bond donors (Lipinski definition) is 3. The van der Waals surface area contributed by atoms with Crippen molar-refractivity contribution in [3.05, 3.63) is 0 Å². The van der Waals surface area contributed by atoms with Crippen molar-refractivity contribution in [1.82, 2.24) is 26.2 Å². The second-order valence-corrected chi connectivity index (χ2v) is 4.33. The maximum absolute atomic E-state index is 4.50. The Labute approximate surface area is 116 Å². The van der Waals surface area contributed by atoms with Crippen LogP contribution in [0.1, 0.15) is 6.92 Å². The lowest BCUT2D eigenvalue weighted by Gasteiger charge is -2.05. The lowest BCUT2D eigenvalue weighted by molar-refractivity contribution is 0.385. The van der Waals surface area contributed by atoms with E-state index in [9.17, 15) is 0 Å². The molecular weight excluding hydrogens is 228 g/mol. The summed E-state index contributed by atoms with van der Waals surface area (Å²) in [4.78, 5) is 6.19. The summed E-state index contributed by atoms with van der Waals surface area (Å²) in [5, 5.41) is 2.99. The van der Waals surface area contributed by atoms with Gasteiger partial charge < -0.3 is 27.0 Å². The fourth-order valence-corrected chi connectivity index (χ4v) is 0.316. The first kappa shape index (κ1) is 30.6. The van der Waals surface area contributed by atoms with Crippen LogP contribution in [-0.2, 0) is 0 Å². The van der Waals surface area contributed by atoms with E-state index < -0.39 is 0 Å². The standard InChI is InChI=1S/C4H12N2.C4H11N.C3H9N.CH5N.H3N/c1-5-4-6(2)3;1-4-5(2)3;1-4(2)3;1-2;/h5H,4H2,1-3H3;4H2,1-3H3;1-3H3;2H2,1H3;1H3. The van der Waals surface area contributed by atoms with Crippen molar-refractivity contribution in [2.24, 2.45) is 5.73 Å². The van der Waals surface area contributed by atoms with Gasteiger partial charge in [0.15, 0.2) is 0 Å². The molecule has 0 saturated heterocycles. The van der Waals surface area contributed by atoms with Gasteiger partial charge in [-0.3, -0.25) is 4.90 Å². The zero-order chi connectivity index (χ0) is 14.9. The molecule has 0 unspecified atom stereocenters. The summed E-state index contributed by atoms with van der Waals surface area (Å²) in [5.41, 5.74) is 4.50. The average molecular weight is 268 g/mol. The summed E-state index contributed by atoms with van der Waals surface area (Å²) in [6, 6.07) is 0. The minimum Gasteiger partial charge on any atom is -0.344 e. The van der Waals surface area contributed by atoms with Gasteiger partial charge in [-0.2, -0.15) is 0 Å². The summed E-state index contributed by atoms with van der Waals surface area (Å²) >= 11 is 0. The van der Waals surface area contributed by atoms with Crippen LogP contribution in [0.2, 0.25) is 0 Å². The molecule has 0 heterocycles. The second-order valence-electron chi connectivity index (χ2n) is 4.33. The van der Waals surface area contributed by atoms with Gasteiger partial charge >= 0.3 is 0 Å². The Balaban J connectivity index is -0.0000000434. The molecule has 0 saturated carbocycles. The summed E-state index contributed by atoms with van der Waals surface area (Å²) in [6.07, 6.45) is 0. The summed E-state index contributed by atoms with van der Waals surface area (Å²) in [6.45, 7) is 4.22. The number of nitrogens with zero attached hydrogens (tertiary/aromatic N) is 3. The molecule has 0 amide bonds. The van der Waals surface area contributed by atoms with E-state index >= 15 is 0 Å². The molecule has 118 valence electrons. The van der Waals surface area contributed by atoms with E-state index in [0.717, 1.165) is 13.2 Å². The third-order valence-corrected chi connectivity index (χ3v) is 1.11. The van der Waals surface area contributed by atoms with Crippen LogP contribution >= 0.6 is 0 Å². The van der Waals surface area contributed by atoms with Crippen LogP contribution in [0.4, 0.5) is 0 Å². The fraction of sp³-hybridized carbons (Fsp3) is 1.00. The lowest BCUT2D eigenvalue weighted by atomic mass is 10.7. The van der Waals surface area contributed by atoms with Crippen molar-refractivity contribution < 1.29 is 0 Å². The maximum atomic E-state index is 4.50. The SMILES string of the molecule is CCN(C)C.CN.CN(C)C.CNCN(C)C.N. The van der Waals surface area contributed by atoms with Gasteiger partial charge in [-0.1, -0.05) is 6.92 Å². The van der Waals surface area contributed by atoms with E-state index in [1.807, 2.05) is 47.2 Å². The molecule has 0 spiro atoms. The van der Waals surface area contributed by atoms with Crippen LogP contribution in [0.15, 0.2) is 0 Å². The van der Waals surface area contributed by atoms with E-state index in [1.54, 1.807) is 0 Å². The van der Waals surface area contributed by atoms with E-state index in [1.165, 1.54) is 7.05 Å². The molecule has 0 atom stereocenters. The van der Waals surface area contributed by atoms with E-state index in [-0.39, 0.29) is 6.15 Å². The highest BCUT2D eigenvalue weighted by Crippen LogP contribution is 1.63. The van der Waals surface area contributed by atoms with Crippen LogP contribution in [-0.4, -0.2) is 91.3 Å². The van der Waals surface area contributed by atoms with Crippen LogP contribution in [0.25, 0.3) is 0 Å². The summed E-state index contributed by atoms with van der Waals surface area (Å²) in [5.74, 6) is 0. The van der Waals surface area contributed by atoms with Gasteiger partial charge in [0.05, 0.1) is 0 Å². The van der Waals surface area contributed by atoms with Crippen molar-refractivity contribution in [3.8, 4) is 0 Å². The minimum absolute atomic E-state index is 0. The van der Waals surface area contributed by atoms with Crippen molar-refractivity contribution in [2.45, 2.75) is 6.92 Å². The van der Waals surface area contributed by atoms with Gasteiger partial charge in [-0.25, -0.2) is 0 Å². The number of rotatable bonds is 3. The Bertz CT molecular complexity index is 93.8. The predicted molar refractivity (Wildman–Crippen MR) is 86.6 cm³/mol. The molecule has 0 bridgehead atoms. The molecule has 6 nitrogen and oxygen atoms in total. The van der Waals surface area contributed by atoms with Crippen molar-refractivity contribution in [1.29, 1.82) is 0 Å². The first-order chi connectivity index (χ1) is 7.77. The zero-order valence-electron chi connectivity index (χ0n) is 14.5. The maximum Gasteiger partial charge on any atom is 0.0472 e. The first-order valence-electron chi connectivity index (χ1n) is 5.90.